The molecule has 0 aromatic carbocycles. The van der Waals surface area contributed by atoms with Crippen LogP contribution in [0.15, 0.2) is 6.33 Å². The number of hydrogen-bond acceptors (Lipinski definition) is 3. The van der Waals surface area contributed by atoms with Crippen molar-refractivity contribution in [3.63, 3.8) is 0 Å². The Morgan fingerprint density at radius 1 is 1.75 bits per heavy atom. The topological polar surface area (TPSA) is 55.0 Å². The molecule has 5 heteroatoms. The molecular weight excluding hydrogens is 180 g/mol. The molecule has 1 rings (SSSR count). The maximum atomic E-state index is 10.8. The van der Waals surface area contributed by atoms with Crippen LogP contribution >= 0.6 is 12.4 Å². The second-order valence-corrected chi connectivity index (χ2v) is 2.22. The number of methoxy groups -OCH3 is 1. The maximum absolute atomic E-state index is 10.8. The van der Waals surface area contributed by atoms with E-state index >= 15 is 0 Å². The molecule has 0 aliphatic rings. The molecule has 0 spiro atoms. The highest BCUT2D eigenvalue weighted by atomic mass is 35.5. The van der Waals surface area contributed by atoms with Gasteiger partial charge in [0.25, 0.3) is 0 Å². The molecule has 0 fully saturated rings. The summed E-state index contributed by atoms with van der Waals surface area (Å²) in [6, 6.07) is 0. The molecule has 68 valence electrons. The first-order valence-corrected chi connectivity index (χ1v) is 3.29. The molecule has 0 aliphatic carbocycles. The Morgan fingerprint density at radius 2 is 2.42 bits per heavy atom. The third kappa shape index (κ3) is 2.54. The molecule has 0 radical (unpaired) electrons. The van der Waals surface area contributed by atoms with E-state index in [0.29, 0.717) is 0 Å². The molecule has 0 unspecified atom stereocenters. The lowest BCUT2D eigenvalue weighted by Gasteiger charge is -1.96. The van der Waals surface area contributed by atoms with Gasteiger partial charge in [0, 0.05) is 5.69 Å². The monoisotopic (exact) mass is 190 g/mol. The first kappa shape index (κ1) is 11.0. The number of aromatic amines is 1. The predicted octanol–water partition coefficient (Wildman–Crippen LogP) is 0.855. The number of nitrogens with one attached hydrogen (secondary N) is 1. The molecule has 1 heterocycles. The van der Waals surface area contributed by atoms with Crippen LogP contribution in [0, 0.1) is 6.92 Å². The van der Waals surface area contributed by atoms with E-state index in [0.717, 1.165) is 11.4 Å². The van der Waals surface area contributed by atoms with Crippen LogP contribution in [0.4, 0.5) is 0 Å². The first-order valence-electron chi connectivity index (χ1n) is 3.29. The number of ether oxygens (including phenoxy) is 1. The number of aryl methyl sites for hydroxylation is 1. The van der Waals surface area contributed by atoms with Crippen LogP contribution in [0.1, 0.15) is 11.4 Å². The summed E-state index contributed by atoms with van der Waals surface area (Å²) < 4.78 is 4.49. The van der Waals surface area contributed by atoms with Crippen molar-refractivity contribution in [2.45, 2.75) is 13.3 Å². The van der Waals surface area contributed by atoms with E-state index in [4.69, 9.17) is 0 Å². The predicted molar refractivity (Wildman–Crippen MR) is 46.3 cm³/mol. The molecule has 12 heavy (non-hydrogen) atoms. The number of aromatic nitrogens is 2. The van der Waals surface area contributed by atoms with Crippen molar-refractivity contribution in [2.24, 2.45) is 0 Å². The van der Waals surface area contributed by atoms with Gasteiger partial charge in [-0.15, -0.1) is 12.4 Å². The van der Waals surface area contributed by atoms with Crippen LogP contribution in [0.25, 0.3) is 0 Å². The summed E-state index contributed by atoms with van der Waals surface area (Å²) in [5.74, 6) is -0.252. The lowest BCUT2D eigenvalue weighted by Crippen LogP contribution is -2.05. The molecular formula is C7H11ClN2O2. The Bertz CT molecular complexity index is 260. The normalized spacial score (nSPS) is 8.83. The van der Waals surface area contributed by atoms with E-state index in [1.165, 1.54) is 7.11 Å². The fourth-order valence-corrected chi connectivity index (χ4v) is 0.785. The Kier molecular flexibility index (Phi) is 4.36. The van der Waals surface area contributed by atoms with Crippen molar-refractivity contribution in [3.05, 3.63) is 17.7 Å². The van der Waals surface area contributed by atoms with Gasteiger partial charge in [-0.3, -0.25) is 4.79 Å². The van der Waals surface area contributed by atoms with Gasteiger partial charge in [0.2, 0.25) is 0 Å². The van der Waals surface area contributed by atoms with E-state index in [9.17, 15) is 4.79 Å². The fraction of sp³-hybridized carbons (Fsp3) is 0.429. The van der Waals surface area contributed by atoms with Gasteiger partial charge in [-0.1, -0.05) is 0 Å². The molecule has 0 saturated heterocycles. The van der Waals surface area contributed by atoms with E-state index < -0.39 is 0 Å². The average Bonchev–Trinajstić information content (AvgIpc) is 2.37. The van der Waals surface area contributed by atoms with Crippen LogP contribution in [-0.2, 0) is 16.0 Å². The minimum Gasteiger partial charge on any atom is -0.469 e. The minimum atomic E-state index is -0.252. The van der Waals surface area contributed by atoms with E-state index in [1.807, 2.05) is 6.92 Å². The Morgan fingerprint density at radius 3 is 2.83 bits per heavy atom. The van der Waals surface area contributed by atoms with Gasteiger partial charge in [0.1, 0.15) is 0 Å². The van der Waals surface area contributed by atoms with Crippen molar-refractivity contribution in [2.75, 3.05) is 7.11 Å². The summed E-state index contributed by atoms with van der Waals surface area (Å²) in [4.78, 5) is 17.6. The Hall–Kier alpha value is -1.03. The Labute approximate surface area is 76.7 Å². The minimum absolute atomic E-state index is 0. The molecule has 0 bridgehead atoms. The number of carbonyl (C=O) groups is 1. The summed E-state index contributed by atoms with van der Waals surface area (Å²) in [6.07, 6.45) is 1.83. The third-order valence-corrected chi connectivity index (χ3v) is 1.48. The molecule has 1 aromatic rings. The summed E-state index contributed by atoms with van der Waals surface area (Å²) in [5, 5.41) is 0. The number of rotatable bonds is 2. The maximum Gasteiger partial charge on any atom is 0.311 e. The number of hydrogen-bond donors (Lipinski definition) is 1. The third-order valence-electron chi connectivity index (χ3n) is 1.48. The number of esters is 1. The van der Waals surface area contributed by atoms with Crippen LogP contribution in [0.2, 0.25) is 0 Å². The largest absolute Gasteiger partial charge is 0.469 e. The molecule has 0 aliphatic heterocycles. The van der Waals surface area contributed by atoms with Crippen molar-refractivity contribution >= 4 is 18.4 Å². The number of halogens is 1. The SMILES string of the molecule is COC(=O)Cc1[nH]cnc1C.Cl. The lowest BCUT2D eigenvalue weighted by atomic mass is 10.3. The highest BCUT2D eigenvalue weighted by Gasteiger charge is 2.06. The van der Waals surface area contributed by atoms with Gasteiger partial charge in [-0.2, -0.15) is 0 Å². The number of nitrogens with zero attached hydrogens (tertiary/aromatic N) is 1. The van der Waals surface area contributed by atoms with Crippen LogP contribution in [0.5, 0.6) is 0 Å². The zero-order chi connectivity index (χ0) is 8.27. The zero-order valence-electron chi connectivity index (χ0n) is 6.96. The highest BCUT2D eigenvalue weighted by Crippen LogP contribution is 2.01. The number of carbonyl (C=O) groups excluding carboxylic acids is 1. The average molecular weight is 191 g/mol. The number of imidazole rings is 1. The molecule has 0 saturated carbocycles. The molecule has 0 atom stereocenters. The zero-order valence-corrected chi connectivity index (χ0v) is 7.77. The second-order valence-electron chi connectivity index (χ2n) is 2.22. The van der Waals surface area contributed by atoms with Crippen molar-refractivity contribution in [3.8, 4) is 0 Å². The molecule has 1 N–H and O–H groups in total. The lowest BCUT2D eigenvalue weighted by molar-refractivity contribution is -0.139. The van der Waals surface area contributed by atoms with Gasteiger partial charge in [0.05, 0.1) is 25.6 Å². The van der Waals surface area contributed by atoms with Crippen molar-refractivity contribution in [1.29, 1.82) is 0 Å². The fourth-order valence-electron chi connectivity index (χ4n) is 0.785. The van der Waals surface area contributed by atoms with Crippen LogP contribution < -0.4 is 0 Å². The second kappa shape index (κ2) is 4.77. The first-order chi connectivity index (χ1) is 5.24. The quantitative estimate of drug-likeness (QED) is 0.704. The van der Waals surface area contributed by atoms with Gasteiger partial charge in [0.15, 0.2) is 0 Å². The van der Waals surface area contributed by atoms with Gasteiger partial charge in [-0.25, -0.2) is 4.98 Å². The van der Waals surface area contributed by atoms with Gasteiger partial charge < -0.3 is 9.72 Å². The van der Waals surface area contributed by atoms with Gasteiger partial charge >= 0.3 is 5.97 Å². The van der Waals surface area contributed by atoms with E-state index in [1.54, 1.807) is 6.33 Å². The van der Waals surface area contributed by atoms with Gasteiger partial charge in [-0.05, 0) is 6.92 Å². The van der Waals surface area contributed by atoms with Crippen LogP contribution in [0.3, 0.4) is 0 Å². The van der Waals surface area contributed by atoms with Crippen molar-refractivity contribution in [1.82, 2.24) is 9.97 Å². The summed E-state index contributed by atoms with van der Waals surface area (Å²) in [6.45, 7) is 1.84. The van der Waals surface area contributed by atoms with Crippen LogP contribution in [-0.4, -0.2) is 23.0 Å². The summed E-state index contributed by atoms with van der Waals surface area (Å²) >= 11 is 0. The number of H-pyrrole nitrogens is 1. The van der Waals surface area contributed by atoms with Crippen molar-refractivity contribution < 1.29 is 9.53 Å². The molecule has 4 nitrogen and oxygen atoms in total. The highest BCUT2D eigenvalue weighted by molar-refractivity contribution is 5.85. The van der Waals surface area contributed by atoms with E-state index in [-0.39, 0.29) is 24.8 Å². The standard InChI is InChI=1S/C7H10N2O2.ClH/c1-5-6(9-4-8-5)3-7(10)11-2;/h4H,3H2,1-2H3,(H,8,9);1H. The smallest absolute Gasteiger partial charge is 0.311 e. The summed E-state index contributed by atoms with van der Waals surface area (Å²) in [7, 11) is 1.37. The van der Waals surface area contributed by atoms with E-state index in [2.05, 4.69) is 14.7 Å². The molecule has 1 aromatic heterocycles. The Balaban J connectivity index is 0.00000121. The molecule has 0 amide bonds. The summed E-state index contributed by atoms with van der Waals surface area (Å²) in [5.41, 5.74) is 1.66.